The number of hydrogen-bond donors (Lipinski definition) is 1. The molecule has 20 heavy (non-hydrogen) atoms. The summed E-state index contributed by atoms with van der Waals surface area (Å²) >= 11 is 0. The second-order valence-corrected chi connectivity index (χ2v) is 4.71. The van der Waals surface area contributed by atoms with Crippen LogP contribution in [0.4, 0.5) is 0 Å². The van der Waals surface area contributed by atoms with Gasteiger partial charge in [0.2, 0.25) is 0 Å². The van der Waals surface area contributed by atoms with E-state index in [1.54, 1.807) is 0 Å². The third-order valence-electron chi connectivity index (χ3n) is 3.04. The molecule has 1 aromatic carbocycles. The molecule has 0 fully saturated rings. The summed E-state index contributed by atoms with van der Waals surface area (Å²) < 4.78 is 5.63. The van der Waals surface area contributed by atoms with Crippen molar-refractivity contribution in [2.45, 2.75) is 19.4 Å². The maximum Gasteiger partial charge on any atom is 0.0716 e. The van der Waals surface area contributed by atoms with Gasteiger partial charge in [0.25, 0.3) is 0 Å². The number of pyridine rings is 1. The molecule has 0 aliphatic rings. The monoisotopic (exact) mass is 270 g/mol. The van der Waals surface area contributed by atoms with E-state index in [4.69, 9.17) is 4.74 Å². The largest absolute Gasteiger partial charge is 0.377 e. The van der Waals surface area contributed by atoms with Crippen LogP contribution in [0.1, 0.15) is 17.7 Å². The fourth-order valence-electron chi connectivity index (χ4n) is 1.95. The minimum absolute atomic E-state index is 0.703. The van der Waals surface area contributed by atoms with E-state index in [0.29, 0.717) is 6.61 Å². The highest BCUT2D eigenvalue weighted by molar-refractivity contribution is 5.13. The van der Waals surface area contributed by atoms with Crippen molar-refractivity contribution in [2.75, 3.05) is 19.7 Å². The van der Waals surface area contributed by atoms with E-state index < -0.39 is 0 Å². The first-order chi connectivity index (χ1) is 9.95. The second kappa shape index (κ2) is 9.23. The van der Waals surface area contributed by atoms with E-state index in [-0.39, 0.29) is 0 Å². The Morgan fingerprint density at radius 3 is 2.60 bits per heavy atom. The molecule has 3 heteroatoms. The first-order valence-corrected chi connectivity index (χ1v) is 7.17. The highest BCUT2D eigenvalue weighted by atomic mass is 16.5. The minimum atomic E-state index is 0.703. The fourth-order valence-corrected chi connectivity index (χ4v) is 1.95. The molecular formula is C17H22N2O. The zero-order valence-corrected chi connectivity index (χ0v) is 11.8. The summed E-state index contributed by atoms with van der Waals surface area (Å²) in [5.74, 6) is 0. The Bertz CT molecular complexity index is 413. The summed E-state index contributed by atoms with van der Waals surface area (Å²) in [6, 6.07) is 16.3. The van der Waals surface area contributed by atoms with E-state index in [9.17, 15) is 0 Å². The van der Waals surface area contributed by atoms with Crippen LogP contribution in [0.25, 0.3) is 0 Å². The molecule has 0 unspecified atom stereocenters. The van der Waals surface area contributed by atoms with Crippen LogP contribution in [0.3, 0.4) is 0 Å². The van der Waals surface area contributed by atoms with Gasteiger partial charge >= 0.3 is 0 Å². The van der Waals surface area contributed by atoms with Crippen molar-refractivity contribution in [2.24, 2.45) is 0 Å². The van der Waals surface area contributed by atoms with Crippen molar-refractivity contribution in [1.82, 2.24) is 10.3 Å². The van der Waals surface area contributed by atoms with Gasteiger partial charge in [-0.3, -0.25) is 4.98 Å². The number of nitrogens with zero attached hydrogens (tertiary/aromatic N) is 1. The fraction of sp³-hybridized carbons (Fsp3) is 0.353. The second-order valence-electron chi connectivity index (χ2n) is 4.71. The Hall–Kier alpha value is -1.71. The first kappa shape index (κ1) is 14.7. The lowest BCUT2D eigenvalue weighted by atomic mass is 10.2. The van der Waals surface area contributed by atoms with Gasteiger partial charge in [-0.25, -0.2) is 0 Å². The van der Waals surface area contributed by atoms with Gasteiger partial charge in [0.1, 0.15) is 0 Å². The maximum atomic E-state index is 5.63. The Balaban J connectivity index is 1.44. The summed E-state index contributed by atoms with van der Waals surface area (Å²) in [7, 11) is 0. The van der Waals surface area contributed by atoms with E-state index in [2.05, 4.69) is 28.5 Å². The van der Waals surface area contributed by atoms with Gasteiger partial charge in [-0.2, -0.15) is 0 Å². The lowest BCUT2D eigenvalue weighted by Crippen LogP contribution is -2.20. The summed E-state index contributed by atoms with van der Waals surface area (Å²) in [6.45, 7) is 3.46. The van der Waals surface area contributed by atoms with Crippen LogP contribution in [0.15, 0.2) is 54.7 Å². The molecule has 0 bridgehead atoms. The van der Waals surface area contributed by atoms with Crippen LogP contribution in [-0.2, 0) is 17.8 Å². The van der Waals surface area contributed by atoms with Gasteiger partial charge in [0, 0.05) is 31.5 Å². The molecule has 1 N–H and O–H groups in total. The van der Waals surface area contributed by atoms with Crippen LogP contribution in [0, 0.1) is 0 Å². The predicted molar refractivity (Wildman–Crippen MR) is 81.5 cm³/mol. The zero-order valence-electron chi connectivity index (χ0n) is 11.8. The number of aromatic nitrogens is 1. The quantitative estimate of drug-likeness (QED) is 0.711. The van der Waals surface area contributed by atoms with Crippen LogP contribution in [0.5, 0.6) is 0 Å². The Kier molecular flexibility index (Phi) is 6.78. The van der Waals surface area contributed by atoms with Crippen LogP contribution in [-0.4, -0.2) is 24.7 Å². The molecule has 0 spiro atoms. The van der Waals surface area contributed by atoms with E-state index in [1.165, 1.54) is 5.56 Å². The van der Waals surface area contributed by atoms with Crippen molar-refractivity contribution in [1.29, 1.82) is 0 Å². The molecule has 0 saturated heterocycles. The highest BCUT2D eigenvalue weighted by Gasteiger charge is 1.94. The predicted octanol–water partition coefficient (Wildman–Crippen LogP) is 2.82. The molecule has 2 aromatic rings. The standard InChI is InChI=1S/C17H22N2O/c1-2-7-16(8-3-1)15-20-14-6-11-18-13-10-17-9-4-5-12-19-17/h1-5,7-9,12,18H,6,10-11,13-15H2. The van der Waals surface area contributed by atoms with Gasteiger partial charge < -0.3 is 10.1 Å². The number of ether oxygens (including phenoxy) is 1. The minimum Gasteiger partial charge on any atom is -0.377 e. The Labute approximate surface area is 121 Å². The van der Waals surface area contributed by atoms with Crippen molar-refractivity contribution in [3.63, 3.8) is 0 Å². The lowest BCUT2D eigenvalue weighted by Gasteiger charge is -2.06. The van der Waals surface area contributed by atoms with Crippen LogP contribution < -0.4 is 5.32 Å². The van der Waals surface area contributed by atoms with Crippen LogP contribution in [0.2, 0.25) is 0 Å². The molecule has 3 nitrogen and oxygen atoms in total. The van der Waals surface area contributed by atoms with Gasteiger partial charge in [-0.1, -0.05) is 36.4 Å². The third-order valence-corrected chi connectivity index (χ3v) is 3.04. The molecule has 0 saturated carbocycles. The number of nitrogens with one attached hydrogen (secondary N) is 1. The molecule has 0 aliphatic heterocycles. The highest BCUT2D eigenvalue weighted by Crippen LogP contribution is 2.00. The van der Waals surface area contributed by atoms with E-state index >= 15 is 0 Å². The Morgan fingerprint density at radius 1 is 0.950 bits per heavy atom. The Morgan fingerprint density at radius 2 is 1.80 bits per heavy atom. The normalized spacial score (nSPS) is 10.6. The summed E-state index contributed by atoms with van der Waals surface area (Å²) in [4.78, 5) is 4.29. The molecule has 1 heterocycles. The van der Waals surface area contributed by atoms with Gasteiger partial charge in [-0.05, 0) is 30.7 Å². The molecular weight excluding hydrogens is 248 g/mol. The summed E-state index contributed by atoms with van der Waals surface area (Å²) in [5, 5.41) is 3.41. The molecule has 0 radical (unpaired) electrons. The molecule has 0 aliphatic carbocycles. The maximum absolute atomic E-state index is 5.63. The molecule has 106 valence electrons. The number of hydrogen-bond acceptors (Lipinski definition) is 3. The van der Waals surface area contributed by atoms with Gasteiger partial charge in [0.15, 0.2) is 0 Å². The molecule has 2 rings (SSSR count). The van der Waals surface area contributed by atoms with E-state index in [0.717, 1.165) is 38.2 Å². The van der Waals surface area contributed by atoms with Crippen molar-refractivity contribution in [3.8, 4) is 0 Å². The van der Waals surface area contributed by atoms with Crippen molar-refractivity contribution >= 4 is 0 Å². The zero-order chi connectivity index (χ0) is 13.9. The summed E-state index contributed by atoms with van der Waals surface area (Å²) in [5.41, 5.74) is 2.37. The third kappa shape index (κ3) is 5.95. The van der Waals surface area contributed by atoms with Crippen molar-refractivity contribution < 1.29 is 4.74 Å². The first-order valence-electron chi connectivity index (χ1n) is 7.17. The topological polar surface area (TPSA) is 34.1 Å². The summed E-state index contributed by atoms with van der Waals surface area (Å²) in [6.07, 6.45) is 3.85. The average Bonchev–Trinajstić information content (AvgIpc) is 2.52. The van der Waals surface area contributed by atoms with Crippen molar-refractivity contribution in [3.05, 3.63) is 66.0 Å². The molecule has 1 aromatic heterocycles. The van der Waals surface area contributed by atoms with E-state index in [1.807, 2.05) is 36.5 Å². The molecule has 0 atom stereocenters. The SMILES string of the molecule is c1ccc(COCCCNCCc2ccccn2)cc1. The van der Waals surface area contributed by atoms with Crippen LogP contribution >= 0.6 is 0 Å². The molecule has 0 amide bonds. The average molecular weight is 270 g/mol. The number of rotatable bonds is 9. The van der Waals surface area contributed by atoms with Gasteiger partial charge in [-0.15, -0.1) is 0 Å². The smallest absolute Gasteiger partial charge is 0.0716 e. The van der Waals surface area contributed by atoms with Gasteiger partial charge in [0.05, 0.1) is 6.61 Å². The lowest BCUT2D eigenvalue weighted by molar-refractivity contribution is 0.118. The number of benzene rings is 1.